The Morgan fingerprint density at radius 1 is 1.56 bits per heavy atom. The molecule has 2 unspecified atom stereocenters. The van der Waals surface area contributed by atoms with Crippen LogP contribution in [0.25, 0.3) is 0 Å². The Morgan fingerprint density at radius 2 is 2.39 bits per heavy atom. The summed E-state index contributed by atoms with van der Waals surface area (Å²) in [6.45, 7) is 2.58. The first-order valence-corrected chi connectivity index (χ1v) is 6.62. The summed E-state index contributed by atoms with van der Waals surface area (Å²) in [5.74, 6) is 0.495. The molecule has 0 bridgehead atoms. The summed E-state index contributed by atoms with van der Waals surface area (Å²) in [6.07, 6.45) is 6.18. The van der Waals surface area contributed by atoms with Crippen molar-refractivity contribution in [1.82, 2.24) is 10.3 Å². The molecule has 4 heteroatoms. The number of nitrogens with one attached hydrogen (secondary N) is 1. The van der Waals surface area contributed by atoms with Crippen LogP contribution in [0, 0.1) is 12.8 Å². The van der Waals surface area contributed by atoms with Crippen LogP contribution in [0.3, 0.4) is 0 Å². The molecule has 0 aliphatic heterocycles. The lowest BCUT2D eigenvalue weighted by atomic mass is 9.86. The molecule has 1 aliphatic carbocycles. The van der Waals surface area contributed by atoms with E-state index >= 15 is 0 Å². The number of carbonyl (C=O) groups excluding carboxylic acids is 1. The molecule has 0 radical (unpaired) electrons. The summed E-state index contributed by atoms with van der Waals surface area (Å²) in [5, 5.41) is 3.00. The van der Waals surface area contributed by atoms with Gasteiger partial charge in [0.15, 0.2) is 0 Å². The number of hydrogen-bond donors (Lipinski definition) is 2. The smallest absolute Gasteiger partial charge is 0.253 e. The SMILES string of the molecule is Cc1ncccc1C(=O)NCC1CCCC(N)C1. The zero-order chi connectivity index (χ0) is 13.0. The topological polar surface area (TPSA) is 68.0 Å². The third-order valence-corrected chi connectivity index (χ3v) is 3.63. The fourth-order valence-electron chi connectivity index (χ4n) is 2.57. The van der Waals surface area contributed by atoms with Crippen molar-refractivity contribution in [1.29, 1.82) is 0 Å². The Bertz CT molecular complexity index is 419. The maximum atomic E-state index is 12.0. The summed E-state index contributed by atoms with van der Waals surface area (Å²) >= 11 is 0. The molecule has 0 aromatic carbocycles. The lowest BCUT2D eigenvalue weighted by Gasteiger charge is -2.26. The molecule has 18 heavy (non-hydrogen) atoms. The Balaban J connectivity index is 1.87. The van der Waals surface area contributed by atoms with Crippen LogP contribution in [0.15, 0.2) is 18.3 Å². The molecule has 98 valence electrons. The Kier molecular flexibility index (Phi) is 4.31. The van der Waals surface area contributed by atoms with Gasteiger partial charge in [0.05, 0.1) is 5.56 Å². The van der Waals surface area contributed by atoms with Crippen LogP contribution in [-0.2, 0) is 0 Å². The summed E-state index contributed by atoms with van der Waals surface area (Å²) in [5.41, 5.74) is 7.38. The van der Waals surface area contributed by atoms with Crippen LogP contribution < -0.4 is 11.1 Å². The van der Waals surface area contributed by atoms with Crippen LogP contribution in [0.5, 0.6) is 0 Å². The third-order valence-electron chi connectivity index (χ3n) is 3.63. The molecule has 2 rings (SSSR count). The van der Waals surface area contributed by atoms with Gasteiger partial charge in [-0.1, -0.05) is 6.42 Å². The Hall–Kier alpha value is -1.42. The van der Waals surface area contributed by atoms with Crippen LogP contribution in [0.1, 0.15) is 41.7 Å². The molecule has 1 amide bonds. The van der Waals surface area contributed by atoms with E-state index in [4.69, 9.17) is 5.73 Å². The number of pyridine rings is 1. The van der Waals surface area contributed by atoms with E-state index in [-0.39, 0.29) is 5.91 Å². The molecule has 0 saturated heterocycles. The molecule has 2 atom stereocenters. The zero-order valence-electron chi connectivity index (χ0n) is 10.9. The van der Waals surface area contributed by atoms with Gasteiger partial charge in [0.2, 0.25) is 0 Å². The van der Waals surface area contributed by atoms with E-state index in [1.54, 1.807) is 12.3 Å². The second-order valence-corrected chi connectivity index (χ2v) is 5.14. The van der Waals surface area contributed by atoms with E-state index in [2.05, 4.69) is 10.3 Å². The van der Waals surface area contributed by atoms with Gasteiger partial charge in [-0.3, -0.25) is 9.78 Å². The molecule has 1 aromatic heterocycles. The highest BCUT2D eigenvalue weighted by Gasteiger charge is 2.20. The fourth-order valence-corrected chi connectivity index (χ4v) is 2.57. The second kappa shape index (κ2) is 5.96. The van der Waals surface area contributed by atoms with Gasteiger partial charge < -0.3 is 11.1 Å². The number of carbonyl (C=O) groups is 1. The number of rotatable bonds is 3. The fraction of sp³-hybridized carbons (Fsp3) is 0.571. The van der Waals surface area contributed by atoms with Crippen molar-refractivity contribution in [3.8, 4) is 0 Å². The second-order valence-electron chi connectivity index (χ2n) is 5.14. The van der Waals surface area contributed by atoms with E-state index in [1.807, 2.05) is 13.0 Å². The first-order chi connectivity index (χ1) is 8.66. The Morgan fingerprint density at radius 3 is 3.11 bits per heavy atom. The predicted octanol–water partition coefficient (Wildman–Crippen LogP) is 1.64. The van der Waals surface area contributed by atoms with E-state index in [0.717, 1.165) is 25.1 Å². The zero-order valence-corrected chi connectivity index (χ0v) is 10.9. The van der Waals surface area contributed by atoms with Crippen LogP contribution in [0.4, 0.5) is 0 Å². The molecular weight excluding hydrogens is 226 g/mol. The normalized spacial score (nSPS) is 23.7. The lowest BCUT2D eigenvalue weighted by molar-refractivity contribution is 0.0941. The number of aromatic nitrogens is 1. The average molecular weight is 247 g/mol. The molecule has 4 nitrogen and oxygen atoms in total. The van der Waals surface area contributed by atoms with Crippen LogP contribution >= 0.6 is 0 Å². The quantitative estimate of drug-likeness (QED) is 0.853. The van der Waals surface area contributed by atoms with E-state index in [1.165, 1.54) is 12.8 Å². The van der Waals surface area contributed by atoms with Crippen molar-refractivity contribution >= 4 is 5.91 Å². The molecule has 1 aliphatic rings. The molecule has 0 spiro atoms. The molecule has 1 heterocycles. The number of aryl methyl sites for hydroxylation is 1. The predicted molar refractivity (Wildman–Crippen MR) is 71.2 cm³/mol. The van der Waals surface area contributed by atoms with Crippen molar-refractivity contribution < 1.29 is 4.79 Å². The molecular formula is C14H21N3O. The maximum absolute atomic E-state index is 12.0. The highest BCUT2D eigenvalue weighted by atomic mass is 16.1. The van der Waals surface area contributed by atoms with Crippen molar-refractivity contribution in [3.05, 3.63) is 29.6 Å². The monoisotopic (exact) mass is 247 g/mol. The van der Waals surface area contributed by atoms with Gasteiger partial charge in [-0.2, -0.15) is 0 Å². The van der Waals surface area contributed by atoms with Gasteiger partial charge >= 0.3 is 0 Å². The average Bonchev–Trinajstić information content (AvgIpc) is 2.37. The summed E-state index contributed by atoms with van der Waals surface area (Å²) in [7, 11) is 0. The number of nitrogens with two attached hydrogens (primary N) is 1. The van der Waals surface area contributed by atoms with Gasteiger partial charge in [0, 0.05) is 24.5 Å². The van der Waals surface area contributed by atoms with Crippen LogP contribution in [-0.4, -0.2) is 23.5 Å². The molecule has 1 saturated carbocycles. The van der Waals surface area contributed by atoms with Crippen molar-refractivity contribution in [3.63, 3.8) is 0 Å². The molecule has 1 aromatic rings. The van der Waals surface area contributed by atoms with Crippen LogP contribution in [0.2, 0.25) is 0 Å². The van der Waals surface area contributed by atoms with Gasteiger partial charge in [-0.15, -0.1) is 0 Å². The van der Waals surface area contributed by atoms with Crippen molar-refractivity contribution in [2.45, 2.75) is 38.6 Å². The number of amides is 1. The minimum atomic E-state index is -0.0280. The summed E-state index contributed by atoms with van der Waals surface area (Å²) in [6, 6.07) is 3.91. The summed E-state index contributed by atoms with van der Waals surface area (Å²) < 4.78 is 0. The van der Waals surface area contributed by atoms with Crippen molar-refractivity contribution in [2.24, 2.45) is 11.7 Å². The van der Waals surface area contributed by atoms with Gasteiger partial charge in [0.1, 0.15) is 0 Å². The van der Waals surface area contributed by atoms with E-state index < -0.39 is 0 Å². The maximum Gasteiger partial charge on any atom is 0.253 e. The lowest BCUT2D eigenvalue weighted by Crippen LogP contribution is -2.35. The van der Waals surface area contributed by atoms with Gasteiger partial charge in [0.25, 0.3) is 5.91 Å². The summed E-state index contributed by atoms with van der Waals surface area (Å²) in [4.78, 5) is 16.1. The minimum absolute atomic E-state index is 0.0280. The largest absolute Gasteiger partial charge is 0.352 e. The number of nitrogens with zero attached hydrogens (tertiary/aromatic N) is 1. The highest BCUT2D eigenvalue weighted by Crippen LogP contribution is 2.22. The molecule has 1 fully saturated rings. The highest BCUT2D eigenvalue weighted by molar-refractivity contribution is 5.95. The Labute approximate surface area is 108 Å². The van der Waals surface area contributed by atoms with E-state index in [0.29, 0.717) is 17.5 Å². The van der Waals surface area contributed by atoms with Crippen molar-refractivity contribution in [2.75, 3.05) is 6.54 Å². The first kappa shape index (κ1) is 13.0. The standard InChI is InChI=1S/C14H21N3O/c1-10-13(6-3-7-16-10)14(18)17-9-11-4-2-5-12(15)8-11/h3,6-7,11-12H,2,4-5,8-9,15H2,1H3,(H,17,18). The van der Waals surface area contributed by atoms with Gasteiger partial charge in [-0.25, -0.2) is 0 Å². The minimum Gasteiger partial charge on any atom is -0.352 e. The first-order valence-electron chi connectivity index (χ1n) is 6.62. The number of hydrogen-bond acceptors (Lipinski definition) is 3. The third kappa shape index (κ3) is 3.29. The van der Waals surface area contributed by atoms with Gasteiger partial charge in [-0.05, 0) is 44.2 Å². The molecule has 3 N–H and O–H groups in total. The van der Waals surface area contributed by atoms with E-state index in [9.17, 15) is 4.79 Å².